The average molecular weight is 383 g/mol. The number of esters is 1. The van der Waals surface area contributed by atoms with E-state index in [9.17, 15) is 14.0 Å². The largest absolute Gasteiger partial charge is 0.458 e. The van der Waals surface area contributed by atoms with Gasteiger partial charge in [-0.2, -0.15) is 0 Å². The number of nitrogens with zero attached hydrogens (tertiary/aromatic N) is 1. The third-order valence-electron chi connectivity index (χ3n) is 4.85. The van der Waals surface area contributed by atoms with Crippen LogP contribution in [0.25, 0.3) is 0 Å². The molecule has 2 aromatic carbocycles. The van der Waals surface area contributed by atoms with Gasteiger partial charge in [0.05, 0.1) is 0 Å². The molecule has 0 aliphatic carbocycles. The van der Waals surface area contributed by atoms with Crippen LogP contribution in [0, 0.1) is 5.82 Å². The van der Waals surface area contributed by atoms with Crippen molar-refractivity contribution in [2.45, 2.75) is 57.7 Å². The highest BCUT2D eigenvalue weighted by Crippen LogP contribution is 2.35. The molecule has 0 radical (unpaired) electrons. The summed E-state index contributed by atoms with van der Waals surface area (Å²) in [5.41, 5.74) is 0.751. The summed E-state index contributed by atoms with van der Waals surface area (Å²) in [6, 6.07) is 15.2. The topological polar surface area (TPSA) is 46.6 Å². The molecule has 0 saturated carbocycles. The lowest BCUT2D eigenvalue weighted by molar-refractivity contribution is -0.168. The van der Waals surface area contributed by atoms with Gasteiger partial charge in [-0.05, 0) is 50.3 Å². The summed E-state index contributed by atoms with van der Waals surface area (Å²) in [6.45, 7) is 5.72. The fourth-order valence-corrected chi connectivity index (χ4v) is 3.60. The number of amides is 1. The van der Waals surface area contributed by atoms with Gasteiger partial charge in [-0.15, -0.1) is 0 Å². The normalized spacial score (nSPS) is 20.1. The first-order valence-corrected chi connectivity index (χ1v) is 9.55. The van der Waals surface area contributed by atoms with Gasteiger partial charge in [0.1, 0.15) is 17.5 Å². The van der Waals surface area contributed by atoms with Crippen LogP contribution in [0.1, 0.15) is 50.7 Å². The zero-order valence-corrected chi connectivity index (χ0v) is 16.5. The van der Waals surface area contributed by atoms with Crippen LogP contribution < -0.4 is 0 Å². The van der Waals surface area contributed by atoms with Crippen LogP contribution in [0.2, 0.25) is 0 Å². The van der Waals surface area contributed by atoms with Crippen molar-refractivity contribution in [3.05, 3.63) is 71.5 Å². The molecule has 1 aliphatic heterocycles. The molecule has 0 bridgehead atoms. The molecule has 1 saturated heterocycles. The van der Waals surface area contributed by atoms with Crippen LogP contribution in [-0.4, -0.2) is 28.4 Å². The van der Waals surface area contributed by atoms with E-state index in [0.717, 1.165) is 5.56 Å². The Morgan fingerprint density at radius 2 is 1.75 bits per heavy atom. The fourth-order valence-electron chi connectivity index (χ4n) is 3.60. The predicted octanol–water partition coefficient (Wildman–Crippen LogP) is 4.44. The van der Waals surface area contributed by atoms with E-state index in [2.05, 4.69) is 0 Å². The molecule has 0 N–H and O–H groups in total. The molecule has 0 spiro atoms. The first-order valence-electron chi connectivity index (χ1n) is 9.55. The van der Waals surface area contributed by atoms with Crippen molar-refractivity contribution in [1.29, 1.82) is 0 Å². The molecular formula is C23H26FNO3. The third kappa shape index (κ3) is 4.77. The first-order chi connectivity index (χ1) is 13.2. The van der Waals surface area contributed by atoms with Gasteiger partial charge in [0.2, 0.25) is 5.91 Å². The third-order valence-corrected chi connectivity index (χ3v) is 4.85. The maximum Gasteiger partial charge on any atom is 0.329 e. The van der Waals surface area contributed by atoms with Gasteiger partial charge in [-0.3, -0.25) is 4.79 Å². The molecule has 148 valence electrons. The van der Waals surface area contributed by atoms with E-state index in [1.807, 2.05) is 30.3 Å². The molecule has 0 unspecified atom stereocenters. The number of piperidine rings is 1. The second kappa shape index (κ2) is 8.13. The summed E-state index contributed by atoms with van der Waals surface area (Å²) < 4.78 is 19.9. The van der Waals surface area contributed by atoms with Crippen molar-refractivity contribution in [2.75, 3.05) is 0 Å². The molecule has 1 amide bonds. The van der Waals surface area contributed by atoms with Crippen LogP contribution >= 0.6 is 0 Å². The van der Waals surface area contributed by atoms with E-state index in [-0.39, 0.29) is 24.1 Å². The Morgan fingerprint density at radius 3 is 2.39 bits per heavy atom. The van der Waals surface area contributed by atoms with Gasteiger partial charge in [0.15, 0.2) is 0 Å². The van der Waals surface area contributed by atoms with Crippen LogP contribution in [0.3, 0.4) is 0 Å². The molecule has 4 nitrogen and oxygen atoms in total. The van der Waals surface area contributed by atoms with Crippen molar-refractivity contribution in [3.63, 3.8) is 0 Å². The number of likely N-dealkylation sites (tertiary alicyclic amines) is 1. The van der Waals surface area contributed by atoms with Crippen LogP contribution in [-0.2, 0) is 20.9 Å². The maximum atomic E-state index is 14.3. The Morgan fingerprint density at radius 1 is 1.11 bits per heavy atom. The van der Waals surface area contributed by atoms with Gasteiger partial charge in [0, 0.05) is 13.0 Å². The molecule has 1 heterocycles. The molecule has 1 fully saturated rings. The summed E-state index contributed by atoms with van der Waals surface area (Å²) in [4.78, 5) is 27.5. The van der Waals surface area contributed by atoms with Crippen molar-refractivity contribution < 1.29 is 18.7 Å². The zero-order valence-electron chi connectivity index (χ0n) is 16.5. The van der Waals surface area contributed by atoms with Crippen molar-refractivity contribution in [3.8, 4) is 0 Å². The van der Waals surface area contributed by atoms with Crippen molar-refractivity contribution >= 4 is 11.9 Å². The number of hydrogen-bond donors (Lipinski definition) is 0. The molecule has 2 aromatic rings. The number of hydrogen-bond acceptors (Lipinski definition) is 3. The monoisotopic (exact) mass is 383 g/mol. The van der Waals surface area contributed by atoms with Gasteiger partial charge in [-0.25, -0.2) is 9.18 Å². The minimum absolute atomic E-state index is 0.167. The maximum absolute atomic E-state index is 14.3. The summed E-state index contributed by atoms with van der Waals surface area (Å²) >= 11 is 0. The second-order valence-electron chi connectivity index (χ2n) is 8.21. The number of carbonyl (C=O) groups is 2. The van der Waals surface area contributed by atoms with Gasteiger partial charge in [0.25, 0.3) is 0 Å². The Bertz CT molecular complexity index is 844. The van der Waals surface area contributed by atoms with Gasteiger partial charge < -0.3 is 9.64 Å². The molecule has 28 heavy (non-hydrogen) atoms. The number of halogens is 1. The SMILES string of the molecule is CC(C)(C)OC(=O)[C@H]1C[C@@H](c2ccccc2F)CC(=O)N1Cc1ccccc1. The second-order valence-corrected chi connectivity index (χ2v) is 8.21. The van der Waals surface area contributed by atoms with E-state index >= 15 is 0 Å². The van der Waals surface area contributed by atoms with Crippen LogP contribution in [0.4, 0.5) is 4.39 Å². The minimum Gasteiger partial charge on any atom is -0.458 e. The molecule has 1 aliphatic rings. The molecule has 2 atom stereocenters. The lowest BCUT2D eigenvalue weighted by atomic mass is 9.84. The lowest BCUT2D eigenvalue weighted by Crippen LogP contribution is -2.51. The fraction of sp³-hybridized carbons (Fsp3) is 0.391. The summed E-state index contributed by atoms with van der Waals surface area (Å²) in [6.07, 6.45) is 0.515. The van der Waals surface area contributed by atoms with Gasteiger partial charge >= 0.3 is 5.97 Å². The molecule has 0 aromatic heterocycles. The van der Waals surface area contributed by atoms with E-state index in [1.54, 1.807) is 43.9 Å². The summed E-state index contributed by atoms with van der Waals surface area (Å²) in [5.74, 6) is -1.31. The molecule has 3 rings (SSSR count). The highest BCUT2D eigenvalue weighted by Gasteiger charge is 2.41. The lowest BCUT2D eigenvalue weighted by Gasteiger charge is -2.39. The Balaban J connectivity index is 1.89. The number of ether oxygens (including phenoxy) is 1. The Kier molecular flexibility index (Phi) is 5.82. The van der Waals surface area contributed by atoms with Gasteiger partial charge in [-0.1, -0.05) is 48.5 Å². The highest BCUT2D eigenvalue weighted by molar-refractivity contribution is 5.87. The highest BCUT2D eigenvalue weighted by atomic mass is 19.1. The van der Waals surface area contributed by atoms with Crippen LogP contribution in [0.5, 0.6) is 0 Å². The number of benzene rings is 2. The summed E-state index contributed by atoms with van der Waals surface area (Å²) in [5, 5.41) is 0. The average Bonchev–Trinajstić information content (AvgIpc) is 2.63. The molecule has 5 heteroatoms. The van der Waals surface area contributed by atoms with E-state index in [0.29, 0.717) is 18.5 Å². The number of rotatable bonds is 4. The van der Waals surface area contributed by atoms with Crippen molar-refractivity contribution in [2.24, 2.45) is 0 Å². The Hall–Kier alpha value is -2.69. The smallest absolute Gasteiger partial charge is 0.329 e. The van der Waals surface area contributed by atoms with Crippen LogP contribution in [0.15, 0.2) is 54.6 Å². The minimum atomic E-state index is -0.745. The quantitative estimate of drug-likeness (QED) is 0.733. The van der Waals surface area contributed by atoms with E-state index < -0.39 is 17.6 Å². The molecular weight excluding hydrogens is 357 g/mol. The standard InChI is InChI=1S/C23H26FNO3/c1-23(2,3)28-22(27)20-13-17(18-11-7-8-12-19(18)24)14-21(26)25(20)15-16-9-5-4-6-10-16/h4-12,17,20H,13-15H2,1-3H3/t17-,20-/m1/s1. The van der Waals surface area contributed by atoms with E-state index in [4.69, 9.17) is 4.74 Å². The zero-order chi connectivity index (χ0) is 20.3. The Labute approximate surface area is 165 Å². The van der Waals surface area contributed by atoms with E-state index in [1.165, 1.54) is 6.07 Å². The predicted molar refractivity (Wildman–Crippen MR) is 105 cm³/mol. The summed E-state index contributed by atoms with van der Waals surface area (Å²) in [7, 11) is 0. The van der Waals surface area contributed by atoms with Crippen molar-refractivity contribution in [1.82, 2.24) is 4.90 Å². The first kappa shape index (κ1) is 20.1. The number of carbonyl (C=O) groups excluding carboxylic acids is 2.